The Balaban J connectivity index is 2.27. The summed E-state index contributed by atoms with van der Waals surface area (Å²) in [5.74, 6) is 0. The summed E-state index contributed by atoms with van der Waals surface area (Å²) >= 11 is 5.88. The third kappa shape index (κ3) is 3.75. The molecular weight excluding hydrogens is 308 g/mol. The maximum atomic E-state index is 12.4. The Labute approximate surface area is 130 Å². The summed E-state index contributed by atoms with van der Waals surface area (Å²) in [5, 5.41) is 0.572. The van der Waals surface area contributed by atoms with E-state index in [2.05, 4.69) is 4.72 Å². The Morgan fingerprint density at radius 2 is 1.90 bits per heavy atom. The zero-order valence-electron chi connectivity index (χ0n) is 11.9. The molecule has 0 spiro atoms. The zero-order chi connectivity index (χ0) is 15.6. The second kappa shape index (κ2) is 6.05. The molecule has 0 aliphatic heterocycles. The van der Waals surface area contributed by atoms with Crippen LogP contribution in [-0.2, 0) is 16.6 Å². The number of halogens is 1. The minimum absolute atomic E-state index is 0.177. The highest BCUT2D eigenvalue weighted by molar-refractivity contribution is 7.89. The van der Waals surface area contributed by atoms with Crippen molar-refractivity contribution in [3.8, 4) is 0 Å². The molecule has 6 heteroatoms. The van der Waals surface area contributed by atoms with E-state index in [-0.39, 0.29) is 11.4 Å². The molecule has 0 radical (unpaired) electrons. The van der Waals surface area contributed by atoms with E-state index in [4.69, 9.17) is 17.3 Å². The number of sulfonamides is 1. The van der Waals surface area contributed by atoms with E-state index in [1.807, 2.05) is 13.0 Å². The number of hydrogen-bond acceptors (Lipinski definition) is 3. The van der Waals surface area contributed by atoms with Gasteiger partial charge in [-0.15, -0.1) is 0 Å². The monoisotopic (exact) mass is 324 g/mol. The fourth-order valence-electron chi connectivity index (χ4n) is 2.04. The van der Waals surface area contributed by atoms with Gasteiger partial charge in [0.25, 0.3) is 0 Å². The summed E-state index contributed by atoms with van der Waals surface area (Å²) in [7, 11) is -3.62. The van der Waals surface area contributed by atoms with Crippen molar-refractivity contribution in [3.63, 3.8) is 0 Å². The molecule has 0 heterocycles. The van der Waals surface area contributed by atoms with E-state index in [0.717, 1.165) is 11.1 Å². The van der Waals surface area contributed by atoms with Crippen molar-refractivity contribution in [2.45, 2.75) is 25.3 Å². The summed E-state index contributed by atoms with van der Waals surface area (Å²) in [6, 6.07) is 10.3. The molecule has 0 saturated heterocycles. The van der Waals surface area contributed by atoms with Gasteiger partial charge in [-0.05, 0) is 54.8 Å². The van der Waals surface area contributed by atoms with E-state index in [1.54, 1.807) is 31.2 Å². The van der Waals surface area contributed by atoms with Gasteiger partial charge in [0.2, 0.25) is 10.0 Å². The van der Waals surface area contributed by atoms with Gasteiger partial charge in [0, 0.05) is 17.3 Å². The number of benzene rings is 2. The molecule has 2 aromatic carbocycles. The molecule has 112 valence electrons. The lowest BCUT2D eigenvalue weighted by molar-refractivity contribution is 0.580. The Morgan fingerprint density at radius 3 is 2.57 bits per heavy atom. The Morgan fingerprint density at radius 1 is 1.19 bits per heavy atom. The van der Waals surface area contributed by atoms with Gasteiger partial charge < -0.3 is 5.73 Å². The van der Waals surface area contributed by atoms with E-state index >= 15 is 0 Å². The topological polar surface area (TPSA) is 72.2 Å². The van der Waals surface area contributed by atoms with Crippen molar-refractivity contribution in [2.24, 2.45) is 0 Å². The number of nitrogens with two attached hydrogens (primary N) is 1. The molecule has 0 aliphatic carbocycles. The van der Waals surface area contributed by atoms with Crippen molar-refractivity contribution in [1.82, 2.24) is 4.72 Å². The molecule has 0 aromatic heterocycles. The molecule has 2 aromatic rings. The van der Waals surface area contributed by atoms with E-state index in [1.165, 1.54) is 6.07 Å². The predicted molar refractivity (Wildman–Crippen MR) is 85.8 cm³/mol. The van der Waals surface area contributed by atoms with Crippen LogP contribution < -0.4 is 10.5 Å². The van der Waals surface area contributed by atoms with E-state index in [0.29, 0.717) is 16.3 Å². The fraction of sp³-hybridized carbons (Fsp3) is 0.200. The number of aryl methyl sites for hydroxylation is 1. The molecule has 0 unspecified atom stereocenters. The van der Waals surface area contributed by atoms with Crippen LogP contribution in [0.25, 0.3) is 0 Å². The lowest BCUT2D eigenvalue weighted by Crippen LogP contribution is -2.24. The van der Waals surface area contributed by atoms with Crippen LogP contribution in [0.4, 0.5) is 5.69 Å². The molecule has 0 atom stereocenters. The van der Waals surface area contributed by atoms with Crippen molar-refractivity contribution in [2.75, 3.05) is 5.73 Å². The van der Waals surface area contributed by atoms with Crippen molar-refractivity contribution in [3.05, 3.63) is 58.1 Å². The summed E-state index contributed by atoms with van der Waals surface area (Å²) in [4.78, 5) is 0.210. The Hall–Kier alpha value is -1.56. The second-order valence-corrected chi connectivity index (χ2v) is 7.09. The predicted octanol–water partition coefficient (Wildman–Crippen LogP) is 3.02. The molecule has 2 rings (SSSR count). The minimum Gasteiger partial charge on any atom is -0.399 e. The lowest BCUT2D eigenvalue weighted by atomic mass is 10.1. The van der Waals surface area contributed by atoms with Crippen LogP contribution in [0, 0.1) is 13.8 Å². The van der Waals surface area contributed by atoms with Crippen LogP contribution in [0.2, 0.25) is 5.02 Å². The van der Waals surface area contributed by atoms with Crippen LogP contribution >= 0.6 is 11.6 Å². The van der Waals surface area contributed by atoms with E-state index < -0.39 is 10.0 Å². The molecule has 0 fully saturated rings. The maximum absolute atomic E-state index is 12.4. The molecule has 0 aliphatic rings. The average molecular weight is 325 g/mol. The van der Waals surface area contributed by atoms with Gasteiger partial charge in [-0.2, -0.15) is 0 Å². The molecule has 21 heavy (non-hydrogen) atoms. The third-order valence-corrected chi connectivity index (χ3v) is 5.05. The molecule has 3 N–H and O–H groups in total. The van der Waals surface area contributed by atoms with Crippen LogP contribution in [0.5, 0.6) is 0 Å². The summed E-state index contributed by atoms with van der Waals surface area (Å²) in [6.45, 7) is 3.78. The summed E-state index contributed by atoms with van der Waals surface area (Å²) in [5.41, 5.74) is 8.51. The Kier molecular flexibility index (Phi) is 4.56. The van der Waals surface area contributed by atoms with E-state index in [9.17, 15) is 8.42 Å². The SMILES string of the molecule is Cc1cc(N)cc(S(=O)(=O)NCc2cccc(Cl)c2)c1C. The van der Waals surface area contributed by atoms with Gasteiger partial charge in [-0.1, -0.05) is 23.7 Å². The van der Waals surface area contributed by atoms with Gasteiger partial charge in [0.05, 0.1) is 4.90 Å². The summed E-state index contributed by atoms with van der Waals surface area (Å²) in [6.07, 6.45) is 0. The highest BCUT2D eigenvalue weighted by Gasteiger charge is 2.18. The normalized spacial score (nSPS) is 11.6. The third-order valence-electron chi connectivity index (χ3n) is 3.29. The van der Waals surface area contributed by atoms with Gasteiger partial charge in [0.15, 0.2) is 0 Å². The number of rotatable bonds is 4. The molecule has 0 saturated carbocycles. The quantitative estimate of drug-likeness (QED) is 0.849. The average Bonchev–Trinajstić information content (AvgIpc) is 2.41. The molecule has 0 amide bonds. The number of anilines is 1. The van der Waals surface area contributed by atoms with Gasteiger partial charge in [0.1, 0.15) is 0 Å². The van der Waals surface area contributed by atoms with Gasteiger partial charge in [-0.25, -0.2) is 13.1 Å². The highest BCUT2D eigenvalue weighted by atomic mass is 35.5. The number of nitrogen functional groups attached to an aromatic ring is 1. The zero-order valence-corrected chi connectivity index (χ0v) is 13.4. The minimum atomic E-state index is -3.62. The first kappa shape index (κ1) is 15.8. The van der Waals surface area contributed by atoms with Gasteiger partial charge in [-0.3, -0.25) is 0 Å². The first-order chi connectivity index (χ1) is 9.79. The number of nitrogens with one attached hydrogen (secondary N) is 1. The number of hydrogen-bond donors (Lipinski definition) is 2. The first-order valence-electron chi connectivity index (χ1n) is 6.40. The molecular formula is C15H17ClN2O2S. The largest absolute Gasteiger partial charge is 0.399 e. The molecule has 0 bridgehead atoms. The summed E-state index contributed by atoms with van der Waals surface area (Å²) < 4.78 is 27.4. The van der Waals surface area contributed by atoms with Crippen molar-refractivity contribution >= 4 is 27.3 Å². The Bertz CT molecular complexity index is 773. The van der Waals surface area contributed by atoms with Crippen LogP contribution in [-0.4, -0.2) is 8.42 Å². The van der Waals surface area contributed by atoms with Crippen molar-refractivity contribution in [1.29, 1.82) is 0 Å². The van der Waals surface area contributed by atoms with Gasteiger partial charge >= 0.3 is 0 Å². The fourth-order valence-corrected chi connectivity index (χ4v) is 3.62. The van der Waals surface area contributed by atoms with Crippen molar-refractivity contribution < 1.29 is 8.42 Å². The first-order valence-corrected chi connectivity index (χ1v) is 8.26. The smallest absolute Gasteiger partial charge is 0.241 e. The maximum Gasteiger partial charge on any atom is 0.241 e. The molecule has 4 nitrogen and oxygen atoms in total. The standard InChI is InChI=1S/C15H17ClN2O2S/c1-10-6-14(17)8-15(11(10)2)21(19,20)18-9-12-4-3-5-13(16)7-12/h3-8,18H,9,17H2,1-2H3. The highest BCUT2D eigenvalue weighted by Crippen LogP contribution is 2.22. The van der Waals surface area contributed by atoms with Crippen LogP contribution in [0.3, 0.4) is 0 Å². The lowest BCUT2D eigenvalue weighted by Gasteiger charge is -2.12. The van der Waals surface area contributed by atoms with Crippen LogP contribution in [0.1, 0.15) is 16.7 Å². The van der Waals surface area contributed by atoms with Crippen LogP contribution in [0.15, 0.2) is 41.3 Å². The second-order valence-electron chi connectivity index (χ2n) is 4.92.